The molecule has 0 saturated carbocycles. The molecule has 0 unspecified atom stereocenters. The van der Waals surface area contributed by atoms with E-state index in [4.69, 9.17) is 4.42 Å². The third-order valence-electron chi connectivity index (χ3n) is 5.71. The molecule has 4 aromatic rings. The van der Waals surface area contributed by atoms with Crippen LogP contribution in [0.3, 0.4) is 0 Å². The lowest BCUT2D eigenvalue weighted by molar-refractivity contribution is 0.0946. The first kappa shape index (κ1) is 20.6. The second kappa shape index (κ2) is 8.35. The van der Waals surface area contributed by atoms with Gasteiger partial charge in [0.15, 0.2) is 0 Å². The number of benzene rings is 3. The highest BCUT2D eigenvalue weighted by atomic mass is 19.1. The summed E-state index contributed by atoms with van der Waals surface area (Å²) >= 11 is 0. The Morgan fingerprint density at radius 2 is 1.79 bits per heavy atom. The van der Waals surface area contributed by atoms with Crippen LogP contribution in [-0.2, 0) is 13.0 Å². The van der Waals surface area contributed by atoms with Crippen molar-refractivity contribution in [2.45, 2.75) is 13.0 Å². The lowest BCUT2D eigenvalue weighted by atomic mass is 10.1. The van der Waals surface area contributed by atoms with Gasteiger partial charge in [-0.1, -0.05) is 30.3 Å². The van der Waals surface area contributed by atoms with Gasteiger partial charge in [0.05, 0.1) is 0 Å². The average molecular weight is 442 g/mol. The van der Waals surface area contributed by atoms with Crippen molar-refractivity contribution in [1.82, 2.24) is 5.32 Å². The summed E-state index contributed by atoms with van der Waals surface area (Å²) in [6.07, 6.45) is 0.679. The maximum absolute atomic E-state index is 13.2. The quantitative estimate of drug-likeness (QED) is 0.484. The first-order valence-corrected chi connectivity index (χ1v) is 10.5. The molecule has 5 rings (SSSR count). The normalized spacial score (nSPS) is 12.6. The number of fused-ring (bicyclic) bond motifs is 2. The second-order valence-electron chi connectivity index (χ2n) is 7.84. The van der Waals surface area contributed by atoms with Crippen molar-refractivity contribution in [1.29, 1.82) is 0 Å². The van der Waals surface area contributed by atoms with E-state index in [1.54, 1.807) is 29.2 Å². The van der Waals surface area contributed by atoms with E-state index < -0.39 is 11.5 Å². The molecule has 33 heavy (non-hydrogen) atoms. The number of rotatable bonds is 4. The van der Waals surface area contributed by atoms with E-state index in [0.717, 1.165) is 16.8 Å². The summed E-state index contributed by atoms with van der Waals surface area (Å²) in [6, 6.07) is 19.6. The number of hydrogen-bond donors (Lipinski definition) is 1. The Morgan fingerprint density at radius 3 is 2.61 bits per heavy atom. The fourth-order valence-corrected chi connectivity index (χ4v) is 4.02. The number of carbonyl (C=O) groups is 2. The summed E-state index contributed by atoms with van der Waals surface area (Å²) in [4.78, 5) is 39.3. The maximum Gasteiger partial charge on any atom is 0.349 e. The van der Waals surface area contributed by atoms with Crippen molar-refractivity contribution in [3.8, 4) is 0 Å². The summed E-state index contributed by atoms with van der Waals surface area (Å²) < 4.78 is 18.4. The van der Waals surface area contributed by atoms with Crippen LogP contribution in [0, 0.1) is 5.82 Å². The second-order valence-corrected chi connectivity index (χ2v) is 7.84. The van der Waals surface area contributed by atoms with Crippen molar-refractivity contribution in [3.63, 3.8) is 0 Å². The first-order valence-electron chi connectivity index (χ1n) is 10.5. The number of amides is 2. The van der Waals surface area contributed by atoms with E-state index in [2.05, 4.69) is 5.32 Å². The molecule has 0 bridgehead atoms. The molecule has 0 radical (unpaired) electrons. The molecule has 1 aromatic heterocycles. The molecule has 1 aliphatic heterocycles. The van der Waals surface area contributed by atoms with Crippen LogP contribution < -0.4 is 15.8 Å². The molecular formula is C26H19FN2O4. The lowest BCUT2D eigenvalue weighted by Gasteiger charge is -2.17. The Balaban J connectivity index is 1.30. The predicted octanol–water partition coefficient (Wildman–Crippen LogP) is 4.07. The van der Waals surface area contributed by atoms with Crippen LogP contribution in [0.5, 0.6) is 0 Å². The summed E-state index contributed by atoms with van der Waals surface area (Å²) in [5, 5.41) is 3.43. The molecule has 2 amide bonds. The Bertz CT molecular complexity index is 1440. The summed E-state index contributed by atoms with van der Waals surface area (Å²) in [6.45, 7) is 0.754. The van der Waals surface area contributed by atoms with Crippen LogP contribution in [0.4, 0.5) is 10.1 Å². The number of anilines is 1. The highest BCUT2D eigenvalue weighted by molar-refractivity contribution is 6.07. The van der Waals surface area contributed by atoms with E-state index in [1.165, 1.54) is 30.3 Å². The molecule has 164 valence electrons. The molecule has 0 spiro atoms. The summed E-state index contributed by atoms with van der Waals surface area (Å²) in [7, 11) is 0. The molecule has 0 atom stereocenters. The van der Waals surface area contributed by atoms with Gasteiger partial charge in [0.1, 0.15) is 17.0 Å². The minimum atomic E-state index is -0.685. The minimum absolute atomic E-state index is 0.0501. The molecule has 0 fully saturated rings. The summed E-state index contributed by atoms with van der Waals surface area (Å²) in [5.74, 6) is -1.08. The van der Waals surface area contributed by atoms with Gasteiger partial charge in [0.2, 0.25) is 0 Å². The smallest absolute Gasteiger partial charge is 0.349 e. The highest BCUT2D eigenvalue weighted by Gasteiger charge is 2.26. The van der Waals surface area contributed by atoms with E-state index in [1.807, 2.05) is 18.2 Å². The Morgan fingerprint density at radius 1 is 1.00 bits per heavy atom. The molecule has 0 aliphatic carbocycles. The monoisotopic (exact) mass is 442 g/mol. The van der Waals surface area contributed by atoms with Gasteiger partial charge in [-0.25, -0.2) is 9.18 Å². The van der Waals surface area contributed by atoms with E-state index >= 15 is 0 Å². The van der Waals surface area contributed by atoms with Crippen LogP contribution in [0.15, 0.2) is 82.0 Å². The zero-order chi connectivity index (χ0) is 22.9. The van der Waals surface area contributed by atoms with Crippen LogP contribution in [-0.4, -0.2) is 18.4 Å². The van der Waals surface area contributed by atoms with Gasteiger partial charge < -0.3 is 14.6 Å². The zero-order valence-electron chi connectivity index (χ0n) is 17.5. The standard InChI is InChI=1S/C26H19FN2O4/c27-20-8-6-17(7-9-20)25(31)29-12-11-18-13-16(5-10-22(18)29)15-28-24(30)21-14-19-3-1-2-4-23(19)33-26(21)32/h1-10,13-14H,11-12,15H2,(H,28,30). The summed E-state index contributed by atoms with van der Waals surface area (Å²) in [5.41, 5.74) is 2.76. The van der Waals surface area contributed by atoms with Crippen LogP contribution in [0.1, 0.15) is 31.8 Å². The molecule has 2 heterocycles. The van der Waals surface area contributed by atoms with Gasteiger partial charge in [0.25, 0.3) is 11.8 Å². The number of nitrogens with zero attached hydrogens (tertiary/aromatic N) is 1. The molecule has 1 N–H and O–H groups in total. The largest absolute Gasteiger partial charge is 0.422 e. The van der Waals surface area contributed by atoms with Crippen molar-refractivity contribution in [3.05, 3.63) is 111 Å². The van der Waals surface area contributed by atoms with Crippen LogP contribution in [0.25, 0.3) is 11.0 Å². The van der Waals surface area contributed by atoms with Gasteiger partial charge in [-0.05, 0) is 60.0 Å². The molecular weight excluding hydrogens is 423 g/mol. The zero-order valence-corrected chi connectivity index (χ0v) is 17.5. The van der Waals surface area contributed by atoms with E-state index in [-0.39, 0.29) is 23.8 Å². The van der Waals surface area contributed by atoms with Gasteiger partial charge >= 0.3 is 5.63 Å². The maximum atomic E-state index is 13.2. The molecule has 1 aliphatic rings. The Labute approximate surface area is 188 Å². The third kappa shape index (κ3) is 4.01. The fourth-order valence-electron chi connectivity index (χ4n) is 4.02. The van der Waals surface area contributed by atoms with Gasteiger partial charge in [-0.15, -0.1) is 0 Å². The average Bonchev–Trinajstić information content (AvgIpc) is 3.25. The molecule has 0 saturated heterocycles. The van der Waals surface area contributed by atoms with Crippen molar-refractivity contribution >= 4 is 28.5 Å². The number of halogens is 1. The lowest BCUT2D eigenvalue weighted by Crippen LogP contribution is -2.29. The molecule has 7 heteroatoms. The van der Waals surface area contributed by atoms with Crippen LogP contribution in [0.2, 0.25) is 0 Å². The van der Waals surface area contributed by atoms with Gasteiger partial charge in [0, 0.05) is 29.7 Å². The first-order chi connectivity index (χ1) is 16.0. The van der Waals surface area contributed by atoms with Crippen molar-refractivity contribution < 1.29 is 18.4 Å². The van der Waals surface area contributed by atoms with Gasteiger partial charge in [-0.3, -0.25) is 9.59 Å². The fraction of sp³-hybridized carbons (Fsp3) is 0.115. The predicted molar refractivity (Wildman–Crippen MR) is 122 cm³/mol. The molecule has 6 nitrogen and oxygen atoms in total. The van der Waals surface area contributed by atoms with E-state index in [0.29, 0.717) is 29.5 Å². The number of nitrogens with one attached hydrogen (secondary N) is 1. The number of para-hydroxylation sites is 1. The van der Waals surface area contributed by atoms with Crippen molar-refractivity contribution in [2.75, 3.05) is 11.4 Å². The van der Waals surface area contributed by atoms with Gasteiger partial charge in [-0.2, -0.15) is 0 Å². The number of hydrogen-bond acceptors (Lipinski definition) is 4. The Kier molecular flexibility index (Phi) is 5.22. The molecule has 3 aromatic carbocycles. The number of carbonyl (C=O) groups excluding carboxylic acids is 2. The Hall–Kier alpha value is -4.26. The highest BCUT2D eigenvalue weighted by Crippen LogP contribution is 2.30. The van der Waals surface area contributed by atoms with Crippen molar-refractivity contribution in [2.24, 2.45) is 0 Å². The topological polar surface area (TPSA) is 79.6 Å². The SMILES string of the molecule is O=C(NCc1ccc2c(c1)CCN2C(=O)c1ccc(F)cc1)c1cc2ccccc2oc1=O. The van der Waals surface area contributed by atoms with Crippen LogP contribution >= 0.6 is 0 Å². The third-order valence-corrected chi connectivity index (χ3v) is 5.71. The minimum Gasteiger partial charge on any atom is -0.422 e. The van der Waals surface area contributed by atoms with E-state index in [9.17, 15) is 18.8 Å².